The second-order valence-electron chi connectivity index (χ2n) is 33.5. The van der Waals surface area contributed by atoms with Gasteiger partial charge >= 0.3 is 5.97 Å². The third kappa shape index (κ3) is 13.8. The average molecular weight is 1500 g/mol. The van der Waals surface area contributed by atoms with Gasteiger partial charge in [-0.1, -0.05) is 53.2 Å². The maximum absolute atomic E-state index is 15.8. The highest BCUT2D eigenvalue weighted by Gasteiger charge is 2.72. The van der Waals surface area contributed by atoms with E-state index in [4.69, 9.17) is 66.3 Å². The molecule has 0 aromatic carbocycles. The molecular weight excluding hydrogens is 1390 g/mol. The van der Waals surface area contributed by atoms with Crippen molar-refractivity contribution in [1.29, 1.82) is 0 Å². The first-order chi connectivity index (χ1) is 48.8. The van der Waals surface area contributed by atoms with Gasteiger partial charge in [-0.25, -0.2) is 0 Å². The molecule has 35 nitrogen and oxygen atoms in total. The fraction of sp³-hybridized carbons (Fsp3) is 0.957. The molecule has 5 aliphatic carbocycles. The fourth-order valence-corrected chi connectivity index (χ4v) is 20.2. The Balaban J connectivity index is 0.770. The van der Waals surface area contributed by atoms with Crippen LogP contribution in [0.2, 0.25) is 0 Å². The molecule has 0 bridgehead atoms. The summed E-state index contributed by atoms with van der Waals surface area (Å²) in [5, 5.41) is 221. The van der Waals surface area contributed by atoms with Crippen LogP contribution in [-0.4, -0.2) is 357 Å². The van der Waals surface area contributed by atoms with Crippen molar-refractivity contribution in [2.45, 2.75) is 315 Å². The van der Waals surface area contributed by atoms with Crippen LogP contribution in [0.3, 0.4) is 0 Å². The molecule has 20 N–H and O–H groups in total. The molecule has 7 aliphatic heterocycles. The summed E-state index contributed by atoms with van der Waals surface area (Å²) >= 11 is 0. The van der Waals surface area contributed by atoms with Crippen LogP contribution in [0.1, 0.15) is 113 Å². The predicted molar refractivity (Wildman–Crippen MR) is 343 cm³/mol. The van der Waals surface area contributed by atoms with Crippen LogP contribution < -0.4 is 0 Å². The number of hydrogen-bond acceptors (Lipinski definition) is 35. The zero-order valence-corrected chi connectivity index (χ0v) is 59.7. The van der Waals surface area contributed by atoms with Crippen LogP contribution in [0.5, 0.6) is 0 Å². The maximum Gasteiger partial charge on any atom is 0.315 e. The van der Waals surface area contributed by atoms with E-state index < -0.39 is 287 Å². The van der Waals surface area contributed by atoms with Gasteiger partial charge in [-0.15, -0.1) is 0 Å². The van der Waals surface area contributed by atoms with Gasteiger partial charge in [-0.05, 0) is 111 Å². The Morgan fingerprint density at radius 3 is 1.68 bits per heavy atom. The van der Waals surface area contributed by atoms with Gasteiger partial charge in [-0.2, -0.15) is 0 Å². The van der Waals surface area contributed by atoms with E-state index in [1.807, 2.05) is 0 Å². The Morgan fingerprint density at radius 2 is 1.03 bits per heavy atom. The van der Waals surface area contributed by atoms with E-state index in [9.17, 15) is 102 Å². The number of fused-ring (bicyclic) bond motifs is 7. The Bertz CT molecular complexity index is 2970. The fourth-order valence-electron chi connectivity index (χ4n) is 20.2. The summed E-state index contributed by atoms with van der Waals surface area (Å²) in [6, 6.07) is 0. The molecule has 0 spiro atoms. The quantitative estimate of drug-likeness (QED) is 0.0345. The highest BCUT2D eigenvalue weighted by molar-refractivity contribution is 5.79. The van der Waals surface area contributed by atoms with Crippen molar-refractivity contribution in [3.05, 3.63) is 11.6 Å². The van der Waals surface area contributed by atoms with Gasteiger partial charge in [-0.3, -0.25) is 4.79 Å². The first-order valence-electron chi connectivity index (χ1n) is 36.5. The second kappa shape index (κ2) is 30.4. The Morgan fingerprint density at radius 1 is 0.481 bits per heavy atom. The molecule has 32 unspecified atom stereocenters. The van der Waals surface area contributed by atoms with Crippen molar-refractivity contribution in [2.75, 3.05) is 46.2 Å². The number of aliphatic hydroxyl groups excluding tert-OH is 19. The summed E-state index contributed by atoms with van der Waals surface area (Å²) in [5.41, 5.74) is -5.67. The van der Waals surface area contributed by atoms with E-state index in [0.717, 1.165) is 5.57 Å². The third-order valence-corrected chi connectivity index (χ3v) is 26.7. The summed E-state index contributed by atoms with van der Waals surface area (Å²) in [6.07, 6.45) is -47.8. The standard InChI is InChI=1S/C69H112O35/c1-26-37(77)41(81)43(83)56(94-26)99-49-32(76)22-91-55(45(49)85)98-48-27(2)95-58(47(87)51(48)101-61-53(88)69(90,24-73)25-93-61)102-52-38(78)31(75)21-92-60(52)104-62(89)68-15-13-63(3,4)17-29(68)28-9-10-36-64(5)18-30(74)54(65(6,23-72)35(64)11-12-67(36,8)66(28,7)14-16-68)103-59-46(86)50(40(80)34(20-71)97-59)100-57-44(84)42(82)39(79)33(19-70)96-57/h9,26-27,29-61,70-88,90H,10-25H2,1-8H3/t26?,27?,29-,30+,31?,32?,33?,34?,35-,36?,37?,38?,39?,40?,41?,42?,43?,44?,45?,46?,47?,48?,49?,50?,51?,52?,53?,54+,55?,56?,57?,58?,59?,60?,61?,64+,65+,66-,67-,68+,69?/m1/s1. The van der Waals surface area contributed by atoms with Crippen LogP contribution >= 0.6 is 0 Å². The van der Waals surface area contributed by atoms with Gasteiger partial charge in [0.05, 0.1) is 76.1 Å². The number of allylic oxidation sites excluding steroid dienone is 2. The number of aliphatic hydroxyl groups is 20. The molecule has 12 aliphatic rings. The first-order valence-corrected chi connectivity index (χ1v) is 36.5. The van der Waals surface area contributed by atoms with Gasteiger partial charge in [0, 0.05) is 5.41 Å². The average Bonchev–Trinajstić information content (AvgIpc) is 0.696. The molecule has 598 valence electrons. The lowest BCUT2D eigenvalue weighted by Gasteiger charge is -2.72. The van der Waals surface area contributed by atoms with Gasteiger partial charge in [0.15, 0.2) is 43.8 Å². The van der Waals surface area contributed by atoms with Crippen molar-refractivity contribution in [1.82, 2.24) is 0 Å². The maximum atomic E-state index is 15.8. The van der Waals surface area contributed by atoms with E-state index in [0.29, 0.717) is 51.4 Å². The lowest BCUT2D eigenvalue weighted by molar-refractivity contribution is -0.387. The topological polar surface area (TPSA) is 551 Å². The third-order valence-electron chi connectivity index (χ3n) is 26.7. The molecule has 12 rings (SSSR count). The smallest absolute Gasteiger partial charge is 0.315 e. The van der Waals surface area contributed by atoms with E-state index in [1.165, 1.54) is 13.8 Å². The Hall–Kier alpha value is -2.11. The number of carbonyl (C=O) groups excluding carboxylic acids is 1. The number of rotatable bonds is 18. The largest absolute Gasteiger partial charge is 0.432 e. The minimum absolute atomic E-state index is 0.141. The molecule has 0 radical (unpaired) electrons. The van der Waals surface area contributed by atoms with E-state index in [1.54, 1.807) is 6.92 Å². The molecule has 41 atom stereocenters. The van der Waals surface area contributed by atoms with Gasteiger partial charge in [0.2, 0.25) is 6.29 Å². The SMILES string of the molecule is CC1OC(OC2C(O)COC(OC3C(C)OC(OC4C(OC(=O)[C@]56CCC(C)(C)C[C@@H]5C5=CCC7[C@@]8(C)C[C@H](O)[C@H](OC9OC(CO)C(O)C(OC%10OC(CO)C(O)C(O)C%10O)C9O)[C@@](C)(CO)[C@@H]8CC[C@@]7(C)[C@]5(C)CC6)OCC(O)C4O)C(O)C3OC3OCC(O)(CO)C3O)C2O)C(O)C(O)C1O. The summed E-state index contributed by atoms with van der Waals surface area (Å²) in [7, 11) is 0. The molecule has 0 aromatic rings. The van der Waals surface area contributed by atoms with Crippen LogP contribution in [0.25, 0.3) is 0 Å². The minimum Gasteiger partial charge on any atom is -0.432 e. The molecule has 104 heavy (non-hydrogen) atoms. The van der Waals surface area contributed by atoms with Gasteiger partial charge in [0.25, 0.3) is 0 Å². The van der Waals surface area contributed by atoms with E-state index in [-0.39, 0.29) is 23.7 Å². The first kappa shape index (κ1) is 81.4. The predicted octanol–water partition coefficient (Wildman–Crippen LogP) is -6.65. The summed E-state index contributed by atoms with van der Waals surface area (Å²) in [4.78, 5) is 15.8. The zero-order valence-electron chi connectivity index (χ0n) is 59.7. The number of esters is 1. The molecule has 4 saturated carbocycles. The molecular formula is C69H112O35. The minimum atomic E-state index is -2.24. The number of carbonyl (C=O) groups is 1. The van der Waals surface area contributed by atoms with E-state index >= 15 is 4.79 Å². The van der Waals surface area contributed by atoms with Crippen LogP contribution in [0.15, 0.2) is 11.6 Å². The molecule has 35 heteroatoms. The van der Waals surface area contributed by atoms with Gasteiger partial charge < -0.3 is 168 Å². The summed E-state index contributed by atoms with van der Waals surface area (Å²) in [5.74, 6) is -1.57. The zero-order chi connectivity index (χ0) is 75.8. The summed E-state index contributed by atoms with van der Waals surface area (Å²) < 4.78 is 84.1. The van der Waals surface area contributed by atoms with Crippen molar-refractivity contribution >= 4 is 5.97 Å². The monoisotopic (exact) mass is 1500 g/mol. The summed E-state index contributed by atoms with van der Waals surface area (Å²) in [6.45, 7) is 10.7. The number of ether oxygens (including phenoxy) is 14. The molecule has 0 amide bonds. The van der Waals surface area contributed by atoms with E-state index in [2.05, 4.69) is 40.7 Å². The highest BCUT2D eigenvalue weighted by atomic mass is 16.8. The molecule has 11 fully saturated rings. The van der Waals surface area contributed by atoms with Crippen molar-refractivity contribution in [3.8, 4) is 0 Å². The molecule has 7 saturated heterocycles. The lowest BCUT2D eigenvalue weighted by Crippen LogP contribution is -2.70. The van der Waals surface area contributed by atoms with Crippen LogP contribution in [0, 0.1) is 50.2 Å². The van der Waals surface area contributed by atoms with Crippen molar-refractivity contribution < 1.29 is 173 Å². The molecule has 0 aromatic heterocycles. The normalized spacial score (nSPS) is 55.5. The number of hydrogen-bond donors (Lipinski definition) is 20. The van der Waals surface area contributed by atoms with Crippen LogP contribution in [0.4, 0.5) is 0 Å². The Kier molecular flexibility index (Phi) is 23.8. The second-order valence-corrected chi connectivity index (χ2v) is 33.5. The Labute approximate surface area is 600 Å². The lowest BCUT2D eigenvalue weighted by atomic mass is 9.33. The van der Waals surface area contributed by atoms with Crippen molar-refractivity contribution in [3.63, 3.8) is 0 Å². The van der Waals surface area contributed by atoms with Gasteiger partial charge in [0.1, 0.15) is 128 Å². The highest BCUT2D eigenvalue weighted by Crippen LogP contribution is 2.76. The van der Waals surface area contributed by atoms with Crippen molar-refractivity contribution in [2.24, 2.45) is 50.2 Å². The molecule has 7 heterocycles. The van der Waals surface area contributed by atoms with Crippen LogP contribution in [-0.2, 0) is 71.1 Å².